The van der Waals surface area contributed by atoms with Gasteiger partial charge in [0.25, 0.3) is 0 Å². The Morgan fingerprint density at radius 3 is 1.86 bits per heavy atom. The van der Waals surface area contributed by atoms with Crippen LogP contribution in [0, 0.1) is 0 Å². The number of hydrogen-bond acceptors (Lipinski definition) is 5. The maximum atomic E-state index is 2.38. The zero-order valence-electron chi connectivity index (χ0n) is 25.5. The molecule has 0 N–H and O–H groups in total. The van der Waals surface area contributed by atoms with Gasteiger partial charge in [0.05, 0.1) is 0 Å². The predicted octanol–water partition coefficient (Wildman–Crippen LogP) is 7.91. The van der Waals surface area contributed by atoms with Crippen LogP contribution in [0.4, 0.5) is 11.4 Å². The van der Waals surface area contributed by atoms with Gasteiger partial charge in [-0.25, -0.2) is 4.57 Å². The van der Waals surface area contributed by atoms with Gasteiger partial charge in [-0.15, -0.1) is 0 Å². The van der Waals surface area contributed by atoms with Gasteiger partial charge in [-0.1, -0.05) is 88.4 Å². The number of likely N-dealkylation sites (N-methyl/N-ethyl adjacent to an activating group) is 1. The summed E-state index contributed by atoms with van der Waals surface area (Å²) in [5.74, 6) is 2.16. The molecule has 0 radical (unpaired) electrons. The number of anilines is 2. The summed E-state index contributed by atoms with van der Waals surface area (Å²) in [4.78, 5) is 7.05. The number of aryl methyl sites for hydroxylation is 1. The van der Waals surface area contributed by atoms with E-state index in [1.165, 1.54) is 33.6 Å². The van der Waals surface area contributed by atoms with Crippen molar-refractivity contribution < 1.29 is 4.57 Å². The van der Waals surface area contributed by atoms with Gasteiger partial charge in [-0.3, -0.25) is 0 Å². The molecule has 42 heavy (non-hydrogen) atoms. The largest absolute Gasteiger partial charge is 0.374 e. The second-order valence-electron chi connectivity index (χ2n) is 10.3. The van der Waals surface area contributed by atoms with E-state index in [0.29, 0.717) is 0 Å². The Morgan fingerprint density at radius 1 is 0.762 bits per heavy atom. The van der Waals surface area contributed by atoms with Crippen LogP contribution in [-0.4, -0.2) is 56.7 Å². The Bertz CT molecular complexity index is 1380. The Kier molecular flexibility index (Phi) is 12.7. The molecule has 0 aliphatic carbocycles. The van der Waals surface area contributed by atoms with E-state index in [1.54, 1.807) is 0 Å². The maximum Gasteiger partial charge on any atom is 0.169 e. The van der Waals surface area contributed by atoms with E-state index in [4.69, 9.17) is 0 Å². The molecule has 0 bridgehead atoms. The maximum absolute atomic E-state index is 2.38. The summed E-state index contributed by atoms with van der Waals surface area (Å²) in [6, 6.07) is 21.7. The van der Waals surface area contributed by atoms with Crippen molar-refractivity contribution in [3.63, 3.8) is 0 Å². The lowest BCUT2D eigenvalue weighted by Gasteiger charge is -2.22. The third-order valence-electron chi connectivity index (χ3n) is 7.44. The van der Waals surface area contributed by atoms with Gasteiger partial charge < -0.3 is 14.7 Å². The van der Waals surface area contributed by atoms with Crippen LogP contribution in [0.15, 0.2) is 103 Å². The zero-order valence-corrected chi connectivity index (χ0v) is 27.2. The minimum atomic E-state index is 0.982. The van der Waals surface area contributed by atoms with Crippen molar-refractivity contribution in [3.8, 4) is 0 Å². The van der Waals surface area contributed by atoms with Gasteiger partial charge >= 0.3 is 0 Å². The van der Waals surface area contributed by atoms with Gasteiger partial charge in [-0.2, -0.15) is 0 Å². The second kappa shape index (κ2) is 16.9. The summed E-state index contributed by atoms with van der Waals surface area (Å²) in [5.41, 5.74) is 7.54. The Hall–Kier alpha value is -3.35. The fraction of sp³-hybridized carbons (Fsp3) is 0.306. The van der Waals surface area contributed by atoms with E-state index in [-0.39, 0.29) is 0 Å². The summed E-state index contributed by atoms with van der Waals surface area (Å²) in [5, 5.41) is 0. The Labute approximate surface area is 261 Å². The van der Waals surface area contributed by atoms with Crippen LogP contribution in [0.25, 0.3) is 18.2 Å². The molecule has 4 rings (SSSR count). The molecular formula is C36H45N4S2+. The van der Waals surface area contributed by atoms with E-state index in [2.05, 4.69) is 163 Å². The normalized spacial score (nSPS) is 13.2. The lowest BCUT2D eigenvalue weighted by Crippen LogP contribution is -2.30. The van der Waals surface area contributed by atoms with Crippen LogP contribution in [0.5, 0.6) is 0 Å². The van der Waals surface area contributed by atoms with Crippen LogP contribution in [0.1, 0.15) is 30.5 Å². The first-order valence-electron chi connectivity index (χ1n) is 14.9. The van der Waals surface area contributed by atoms with Crippen molar-refractivity contribution in [3.05, 3.63) is 120 Å². The van der Waals surface area contributed by atoms with Crippen molar-refractivity contribution in [2.45, 2.75) is 20.4 Å². The third kappa shape index (κ3) is 9.60. The van der Waals surface area contributed by atoms with Crippen LogP contribution in [0.3, 0.4) is 0 Å². The number of aromatic nitrogens is 1. The quantitative estimate of drug-likeness (QED) is 0.100. The molecule has 0 unspecified atom stereocenters. The van der Waals surface area contributed by atoms with E-state index in [0.717, 1.165) is 44.2 Å². The van der Waals surface area contributed by atoms with Crippen molar-refractivity contribution >= 4 is 51.2 Å². The highest BCUT2D eigenvalue weighted by Crippen LogP contribution is 2.27. The number of para-hydroxylation sites is 2. The Morgan fingerprint density at radius 2 is 1.33 bits per heavy atom. The molecule has 4 nitrogen and oxygen atoms in total. The van der Waals surface area contributed by atoms with E-state index >= 15 is 0 Å². The van der Waals surface area contributed by atoms with Gasteiger partial charge in [0.1, 0.15) is 6.54 Å². The first kappa shape index (κ1) is 31.6. The second-order valence-corrected chi connectivity index (χ2v) is 13.0. The molecule has 1 aliphatic heterocycles. The Balaban J connectivity index is 1.21. The first-order valence-corrected chi connectivity index (χ1v) is 17.4. The number of benzene rings is 2. The van der Waals surface area contributed by atoms with Crippen LogP contribution in [-0.2, 0) is 6.54 Å². The minimum absolute atomic E-state index is 0.982. The van der Waals surface area contributed by atoms with Crippen LogP contribution < -0.4 is 14.4 Å². The molecular weight excluding hydrogens is 553 g/mol. The smallest absolute Gasteiger partial charge is 0.169 e. The summed E-state index contributed by atoms with van der Waals surface area (Å²) >= 11 is 0. The highest BCUT2D eigenvalue weighted by molar-refractivity contribution is 8.76. The molecule has 0 saturated heterocycles. The van der Waals surface area contributed by atoms with Gasteiger partial charge in [-0.05, 0) is 60.5 Å². The van der Waals surface area contributed by atoms with E-state index in [1.807, 2.05) is 21.6 Å². The molecule has 0 saturated carbocycles. The molecule has 0 fully saturated rings. The molecule has 0 spiro atoms. The molecule has 6 heteroatoms. The van der Waals surface area contributed by atoms with Crippen molar-refractivity contribution in [1.29, 1.82) is 0 Å². The molecule has 1 aromatic heterocycles. The van der Waals surface area contributed by atoms with Crippen LogP contribution >= 0.6 is 21.6 Å². The third-order valence-corrected chi connectivity index (χ3v) is 9.80. The number of pyridine rings is 1. The fourth-order valence-corrected chi connectivity index (χ4v) is 6.81. The summed E-state index contributed by atoms with van der Waals surface area (Å²) in [6.45, 7) is 9.38. The molecule has 220 valence electrons. The van der Waals surface area contributed by atoms with Crippen LogP contribution in [0.2, 0.25) is 0 Å². The van der Waals surface area contributed by atoms with Crippen molar-refractivity contribution in [2.24, 2.45) is 0 Å². The van der Waals surface area contributed by atoms with E-state index < -0.39 is 0 Å². The molecule has 1 aliphatic rings. The predicted molar refractivity (Wildman–Crippen MR) is 189 cm³/mol. The lowest BCUT2D eigenvalue weighted by atomic mass is 10.1. The highest BCUT2D eigenvalue weighted by Gasteiger charge is 2.08. The van der Waals surface area contributed by atoms with Gasteiger partial charge in [0, 0.05) is 75.3 Å². The zero-order chi connectivity index (χ0) is 29.6. The van der Waals surface area contributed by atoms with Crippen molar-refractivity contribution in [2.75, 3.05) is 61.6 Å². The average molecular weight is 598 g/mol. The number of allylic oxidation sites excluding steroid dienone is 3. The number of hydrogen-bond donors (Lipinski definition) is 0. The standard InChI is InChI=1S/C36H45N4S2/c1-5-39-23-19-31(20-24-39)15-17-33-11-7-9-13-35(33)37(3)27-29-41-42-30-28-38(4)36-14-10-8-12-34(36)18-16-32-21-25-40(6-2)26-22-32/h7-25H,5-6,26-30H2,1-4H3/q+1/b18-16+. The number of nitrogens with zero attached hydrogens (tertiary/aromatic N) is 4. The first-order chi connectivity index (χ1) is 20.6. The average Bonchev–Trinajstić information content (AvgIpc) is 3.05. The number of rotatable bonds is 15. The van der Waals surface area contributed by atoms with Gasteiger partial charge in [0.15, 0.2) is 12.4 Å². The monoisotopic (exact) mass is 597 g/mol. The van der Waals surface area contributed by atoms with Gasteiger partial charge in [0.2, 0.25) is 0 Å². The molecule has 2 aromatic carbocycles. The van der Waals surface area contributed by atoms with Crippen molar-refractivity contribution in [1.82, 2.24) is 4.90 Å². The molecule has 0 atom stereocenters. The van der Waals surface area contributed by atoms with E-state index in [9.17, 15) is 0 Å². The summed E-state index contributed by atoms with van der Waals surface area (Å²) in [6.07, 6.45) is 19.8. The topological polar surface area (TPSA) is 13.6 Å². The highest BCUT2D eigenvalue weighted by atomic mass is 33.1. The lowest BCUT2D eigenvalue weighted by molar-refractivity contribution is -0.693. The molecule has 2 heterocycles. The molecule has 0 amide bonds. The SMILES string of the molecule is CCN1C=CC(/C=C/c2ccccc2N(C)CCSSCCN(C)c2ccccc2/C=C/c2cc[n+](CC)cc2)=CC1. The fourth-order valence-electron chi connectivity index (χ4n) is 4.72. The summed E-state index contributed by atoms with van der Waals surface area (Å²) < 4.78 is 2.18. The summed E-state index contributed by atoms with van der Waals surface area (Å²) in [7, 11) is 8.32. The molecule has 3 aromatic rings. The minimum Gasteiger partial charge on any atom is -0.374 e.